The molecule has 2 atom stereocenters. The molecule has 2 aliphatic rings. The maximum Gasteiger partial charge on any atom is 0.415 e. The van der Waals surface area contributed by atoms with Crippen LogP contribution >= 0.6 is 0 Å². The zero-order chi connectivity index (χ0) is 30.6. The molecule has 0 spiro atoms. The molecule has 43 heavy (non-hydrogen) atoms. The quantitative estimate of drug-likeness (QED) is 0.320. The Kier molecular flexibility index (Phi) is 8.92. The number of carbonyl (C=O) groups excluding carboxylic acids is 2. The van der Waals surface area contributed by atoms with E-state index in [2.05, 4.69) is 25.2 Å². The number of ether oxygens (including phenoxy) is 1. The number of rotatable bonds is 9. The normalized spacial score (nSPS) is 18.3. The molecule has 228 valence electrons. The highest BCUT2D eigenvalue weighted by Crippen LogP contribution is 2.26. The lowest BCUT2D eigenvalue weighted by molar-refractivity contribution is -0.142. The summed E-state index contributed by atoms with van der Waals surface area (Å²) in [6.45, 7) is 3.97. The van der Waals surface area contributed by atoms with Crippen LogP contribution in [0.15, 0.2) is 59.9 Å². The molecule has 2 aliphatic heterocycles. The third-order valence-corrected chi connectivity index (χ3v) is 9.28. The van der Waals surface area contributed by atoms with Gasteiger partial charge in [0.1, 0.15) is 29.5 Å². The van der Waals surface area contributed by atoms with Gasteiger partial charge in [0.25, 0.3) is 10.0 Å². The minimum atomic E-state index is -4.01. The number of nitrogens with one attached hydrogen (secondary N) is 2. The summed E-state index contributed by atoms with van der Waals surface area (Å²) >= 11 is 0. The molecule has 3 N–H and O–H groups in total. The summed E-state index contributed by atoms with van der Waals surface area (Å²) < 4.78 is 32.7. The Morgan fingerprint density at radius 3 is 2.44 bits per heavy atom. The molecule has 0 saturated carbocycles. The van der Waals surface area contributed by atoms with Crippen LogP contribution in [0.3, 0.4) is 0 Å². The second kappa shape index (κ2) is 12.8. The van der Waals surface area contributed by atoms with Crippen LogP contribution in [0.5, 0.6) is 5.75 Å². The van der Waals surface area contributed by atoms with Crippen molar-refractivity contribution in [3.63, 3.8) is 0 Å². The Hall–Kier alpha value is -4.50. The molecule has 0 radical (unpaired) electrons. The first kappa shape index (κ1) is 30.0. The average molecular weight is 612 g/mol. The Bertz CT molecular complexity index is 1560. The maximum atomic E-state index is 13.1. The van der Waals surface area contributed by atoms with Gasteiger partial charge < -0.3 is 29.9 Å². The van der Waals surface area contributed by atoms with Gasteiger partial charge in [0.15, 0.2) is 5.03 Å². The number of sulfonamides is 1. The van der Waals surface area contributed by atoms with E-state index in [1.54, 1.807) is 42.3 Å². The van der Waals surface area contributed by atoms with E-state index in [4.69, 9.17) is 4.74 Å². The van der Waals surface area contributed by atoms with E-state index in [9.17, 15) is 27.9 Å². The lowest BCUT2D eigenvalue weighted by Crippen LogP contribution is -2.51. The minimum Gasteiger partial charge on any atom is -0.480 e. The fourth-order valence-corrected chi connectivity index (χ4v) is 6.79. The highest BCUT2D eigenvalue weighted by Gasteiger charge is 2.41. The number of anilines is 1. The Labute approximate surface area is 248 Å². The number of imidazole rings is 1. The van der Waals surface area contributed by atoms with Crippen molar-refractivity contribution in [2.75, 3.05) is 37.6 Å². The van der Waals surface area contributed by atoms with Gasteiger partial charge in [-0.3, -0.25) is 4.79 Å². The van der Waals surface area contributed by atoms with Crippen molar-refractivity contribution in [3.05, 3.63) is 66.2 Å². The number of benzene rings is 1. The molecule has 2 fully saturated rings. The van der Waals surface area contributed by atoms with Gasteiger partial charge >= 0.3 is 12.1 Å². The van der Waals surface area contributed by atoms with Crippen LogP contribution in [-0.4, -0.2) is 100 Å². The first-order valence-corrected chi connectivity index (χ1v) is 15.3. The number of H-pyrrole nitrogens is 1. The number of amides is 2. The van der Waals surface area contributed by atoms with E-state index in [1.807, 2.05) is 18.2 Å². The summed E-state index contributed by atoms with van der Waals surface area (Å²) in [5, 5.41) is 12.2. The van der Waals surface area contributed by atoms with Crippen LogP contribution in [0.25, 0.3) is 0 Å². The molecule has 3 aromatic rings. The van der Waals surface area contributed by atoms with Gasteiger partial charge in [-0.15, -0.1) is 0 Å². The van der Waals surface area contributed by atoms with Crippen molar-refractivity contribution in [2.45, 2.75) is 43.3 Å². The van der Waals surface area contributed by atoms with Crippen LogP contribution in [-0.2, 0) is 26.0 Å². The Morgan fingerprint density at radius 2 is 1.81 bits per heavy atom. The zero-order valence-corrected chi connectivity index (χ0v) is 24.4. The predicted octanol–water partition coefficient (Wildman–Crippen LogP) is 1.40. The number of aromatic nitrogens is 3. The smallest absolute Gasteiger partial charge is 0.415 e. The van der Waals surface area contributed by atoms with Crippen molar-refractivity contribution in [2.24, 2.45) is 0 Å². The van der Waals surface area contributed by atoms with Gasteiger partial charge in [-0.1, -0.05) is 18.2 Å². The van der Waals surface area contributed by atoms with Crippen molar-refractivity contribution in [3.8, 4) is 5.75 Å². The second-order valence-electron chi connectivity index (χ2n) is 10.4. The van der Waals surface area contributed by atoms with E-state index in [1.165, 1.54) is 6.20 Å². The molecule has 15 heteroatoms. The SMILES string of the molecule is Cc1ncc(S(=O)(=O)N2CCC[C@H]2C(=O)N[C@@H](Cc2ccc(OC(=O)N3CCN(c4ccccn4)CC3)cc2)C(=O)O)[nH]1. The van der Waals surface area contributed by atoms with E-state index < -0.39 is 40.1 Å². The molecule has 0 aliphatic carbocycles. The van der Waals surface area contributed by atoms with Crippen molar-refractivity contribution >= 4 is 33.8 Å². The third kappa shape index (κ3) is 6.94. The maximum absolute atomic E-state index is 13.1. The molecule has 4 heterocycles. The number of hydrogen-bond acceptors (Lipinski definition) is 9. The molecule has 14 nitrogen and oxygen atoms in total. The highest BCUT2D eigenvalue weighted by molar-refractivity contribution is 7.89. The minimum absolute atomic E-state index is 0.0516. The van der Waals surface area contributed by atoms with Crippen molar-refractivity contribution < 1.29 is 32.6 Å². The molecular weight excluding hydrogens is 578 g/mol. The number of carboxylic acids is 1. The summed E-state index contributed by atoms with van der Waals surface area (Å²) in [5.74, 6) is -0.358. The fourth-order valence-electron chi connectivity index (χ4n) is 5.17. The van der Waals surface area contributed by atoms with Gasteiger partial charge in [0.05, 0.1) is 6.20 Å². The van der Waals surface area contributed by atoms with Gasteiger partial charge in [-0.05, 0) is 49.6 Å². The van der Waals surface area contributed by atoms with Gasteiger partial charge in [0, 0.05) is 45.3 Å². The number of pyridine rings is 1. The van der Waals surface area contributed by atoms with Crippen LogP contribution in [0.4, 0.5) is 10.6 Å². The summed E-state index contributed by atoms with van der Waals surface area (Å²) in [4.78, 5) is 52.5. The van der Waals surface area contributed by atoms with E-state index in [0.717, 1.165) is 10.1 Å². The monoisotopic (exact) mass is 611 g/mol. The number of carbonyl (C=O) groups is 3. The van der Waals surface area contributed by atoms with Crippen molar-refractivity contribution in [1.29, 1.82) is 0 Å². The molecule has 2 saturated heterocycles. The van der Waals surface area contributed by atoms with Gasteiger partial charge in [-0.2, -0.15) is 4.31 Å². The lowest BCUT2D eigenvalue weighted by atomic mass is 10.1. The summed E-state index contributed by atoms with van der Waals surface area (Å²) in [6, 6.07) is 9.73. The molecule has 5 rings (SSSR count). The molecule has 0 unspecified atom stereocenters. The first-order valence-electron chi connectivity index (χ1n) is 13.9. The number of aliphatic carboxylic acids is 1. The summed E-state index contributed by atoms with van der Waals surface area (Å²) in [7, 11) is -4.01. The fraction of sp³-hybridized carbons (Fsp3) is 0.393. The standard InChI is InChI=1S/C28H33N7O7S/c1-19-30-18-25(31-19)43(40,41)35-12-4-5-23(35)26(36)32-22(27(37)38)17-20-7-9-21(10-8-20)42-28(39)34-15-13-33(14-16-34)24-6-2-3-11-29-24/h2-3,6-11,18,22-23H,4-5,12-17H2,1H3,(H,30,31)(H,32,36)(H,37,38)/t22-,23-/m0/s1. The van der Waals surface area contributed by atoms with E-state index in [0.29, 0.717) is 49.7 Å². The Morgan fingerprint density at radius 1 is 1.07 bits per heavy atom. The highest BCUT2D eigenvalue weighted by atomic mass is 32.2. The van der Waals surface area contributed by atoms with Crippen LogP contribution in [0.1, 0.15) is 24.2 Å². The molecular formula is C28H33N7O7S. The third-order valence-electron chi connectivity index (χ3n) is 7.47. The van der Waals surface area contributed by atoms with Crippen molar-refractivity contribution in [1.82, 2.24) is 29.5 Å². The van der Waals surface area contributed by atoms with Crippen LogP contribution < -0.4 is 15.0 Å². The predicted molar refractivity (Wildman–Crippen MR) is 154 cm³/mol. The molecule has 1 aromatic carbocycles. The average Bonchev–Trinajstić information content (AvgIpc) is 3.69. The summed E-state index contributed by atoms with van der Waals surface area (Å²) in [5.41, 5.74) is 0.584. The number of carboxylic acid groups (broad SMARTS) is 1. The van der Waals surface area contributed by atoms with Gasteiger partial charge in [0.2, 0.25) is 5.91 Å². The second-order valence-corrected chi connectivity index (χ2v) is 12.2. The molecule has 0 bridgehead atoms. The van der Waals surface area contributed by atoms with Gasteiger partial charge in [-0.25, -0.2) is 28.0 Å². The number of aromatic amines is 1. The first-order chi connectivity index (χ1) is 20.6. The molecule has 2 amide bonds. The number of aryl methyl sites for hydroxylation is 1. The topological polar surface area (TPSA) is 178 Å². The number of hydrogen-bond donors (Lipinski definition) is 3. The number of nitrogens with zero attached hydrogens (tertiary/aromatic N) is 5. The molecule has 2 aromatic heterocycles. The zero-order valence-electron chi connectivity index (χ0n) is 23.5. The number of piperazine rings is 1. The lowest BCUT2D eigenvalue weighted by Gasteiger charge is -2.34. The van der Waals surface area contributed by atoms with Crippen LogP contribution in [0.2, 0.25) is 0 Å². The largest absolute Gasteiger partial charge is 0.480 e. The van der Waals surface area contributed by atoms with Crippen LogP contribution in [0, 0.1) is 6.92 Å². The van der Waals surface area contributed by atoms with E-state index in [-0.39, 0.29) is 24.4 Å². The summed E-state index contributed by atoms with van der Waals surface area (Å²) in [6.07, 6.45) is 3.12. The van der Waals surface area contributed by atoms with E-state index >= 15 is 0 Å². The Balaban J connectivity index is 1.15.